The molecule has 0 aromatic heterocycles. The molecule has 0 radical (unpaired) electrons. The van der Waals surface area contributed by atoms with E-state index in [1.165, 1.54) is 6.07 Å². The maximum absolute atomic E-state index is 13.9. The first-order valence-corrected chi connectivity index (χ1v) is 13.2. The van der Waals surface area contributed by atoms with Gasteiger partial charge in [0.15, 0.2) is 0 Å². The largest absolute Gasteiger partial charge is 0.341 e. The van der Waals surface area contributed by atoms with E-state index in [-0.39, 0.29) is 35.5 Å². The molecule has 3 amide bonds. The van der Waals surface area contributed by atoms with Crippen LogP contribution in [0.4, 0.5) is 11.4 Å². The number of carbonyl (C=O) groups excluding carboxylic acids is 3. The van der Waals surface area contributed by atoms with Crippen LogP contribution in [0.1, 0.15) is 48.0 Å². The van der Waals surface area contributed by atoms with Gasteiger partial charge in [0.2, 0.25) is 5.91 Å². The average molecular weight is 520 g/mol. The van der Waals surface area contributed by atoms with E-state index in [2.05, 4.69) is 4.90 Å². The van der Waals surface area contributed by atoms with Crippen LogP contribution >= 0.6 is 0 Å². The fourth-order valence-corrected chi connectivity index (χ4v) is 5.93. The minimum absolute atomic E-state index is 0.0170. The molecule has 2 aromatic carbocycles. The molecule has 3 aliphatic rings. The quantitative estimate of drug-likeness (QED) is 0.444. The first-order valence-electron chi connectivity index (χ1n) is 13.2. The summed E-state index contributed by atoms with van der Waals surface area (Å²) in [5, 5.41) is 11.4. The molecule has 2 aromatic rings. The Labute approximate surface area is 221 Å². The first kappa shape index (κ1) is 25.7. The predicted octanol–water partition coefficient (Wildman–Crippen LogP) is 3.20. The van der Waals surface area contributed by atoms with Gasteiger partial charge in [0.05, 0.1) is 11.6 Å². The van der Waals surface area contributed by atoms with Crippen LogP contribution in [-0.2, 0) is 9.59 Å². The van der Waals surface area contributed by atoms with Gasteiger partial charge in [-0.2, -0.15) is 0 Å². The summed E-state index contributed by atoms with van der Waals surface area (Å²) in [6, 6.07) is 14.2. The molecule has 0 N–H and O–H groups in total. The molecule has 0 unspecified atom stereocenters. The lowest BCUT2D eigenvalue weighted by molar-refractivity contribution is -0.385. The smallest absolute Gasteiger partial charge is 0.273 e. The summed E-state index contributed by atoms with van der Waals surface area (Å²) in [5.41, 5.74) is 0.741. The molecule has 200 valence electrons. The highest BCUT2D eigenvalue weighted by Crippen LogP contribution is 2.40. The molecule has 0 saturated carbocycles. The van der Waals surface area contributed by atoms with E-state index < -0.39 is 10.5 Å². The molecular weight excluding hydrogens is 486 g/mol. The highest BCUT2D eigenvalue weighted by molar-refractivity contribution is 5.98. The van der Waals surface area contributed by atoms with Gasteiger partial charge in [-0.1, -0.05) is 24.3 Å². The molecule has 0 aliphatic carbocycles. The Kier molecular flexibility index (Phi) is 7.05. The predicted molar refractivity (Wildman–Crippen MR) is 142 cm³/mol. The normalized spacial score (nSPS) is 19.2. The number of hydrogen-bond acceptors (Lipinski definition) is 6. The summed E-state index contributed by atoms with van der Waals surface area (Å²) in [7, 11) is 0. The zero-order valence-electron chi connectivity index (χ0n) is 21.7. The number of nitro groups is 1. The third-order valence-electron chi connectivity index (χ3n) is 8.15. The Hall–Kier alpha value is -3.95. The molecular formula is C28H33N5O5. The van der Waals surface area contributed by atoms with Gasteiger partial charge < -0.3 is 19.6 Å². The monoisotopic (exact) mass is 519 g/mol. The number of likely N-dealkylation sites (tertiary alicyclic amines) is 2. The maximum atomic E-state index is 13.9. The molecule has 10 nitrogen and oxygen atoms in total. The van der Waals surface area contributed by atoms with Crippen molar-refractivity contribution in [3.63, 3.8) is 0 Å². The van der Waals surface area contributed by atoms with Crippen molar-refractivity contribution in [2.24, 2.45) is 0 Å². The van der Waals surface area contributed by atoms with Gasteiger partial charge in [0.25, 0.3) is 17.5 Å². The highest BCUT2D eigenvalue weighted by atomic mass is 16.6. The number of nitro benzene ring substituents is 1. The van der Waals surface area contributed by atoms with Gasteiger partial charge in [-0.3, -0.25) is 24.5 Å². The molecule has 3 fully saturated rings. The van der Waals surface area contributed by atoms with E-state index in [0.29, 0.717) is 38.2 Å². The Balaban J connectivity index is 1.35. The lowest BCUT2D eigenvalue weighted by Gasteiger charge is -2.43. The van der Waals surface area contributed by atoms with Gasteiger partial charge in [0.1, 0.15) is 12.1 Å². The van der Waals surface area contributed by atoms with Crippen molar-refractivity contribution in [1.29, 1.82) is 0 Å². The van der Waals surface area contributed by atoms with Crippen molar-refractivity contribution in [3.05, 3.63) is 69.8 Å². The fraction of sp³-hybridized carbons (Fsp3) is 0.464. The summed E-state index contributed by atoms with van der Waals surface area (Å²) in [6.07, 6.45) is 3.94. The number of piperidine rings is 2. The molecule has 10 heteroatoms. The van der Waals surface area contributed by atoms with Crippen LogP contribution < -0.4 is 4.90 Å². The lowest BCUT2D eigenvalue weighted by atomic mass is 9.85. The van der Waals surface area contributed by atoms with Gasteiger partial charge in [-0.15, -0.1) is 0 Å². The van der Waals surface area contributed by atoms with Crippen molar-refractivity contribution < 1.29 is 19.3 Å². The third-order valence-corrected chi connectivity index (χ3v) is 8.15. The van der Waals surface area contributed by atoms with Crippen molar-refractivity contribution in [3.8, 4) is 0 Å². The SMILES string of the molecule is Cc1ccc(C(=O)N2CCC3(CC2)C(=O)N(CC(=O)N2CCCCC2)CN3c2ccccc2)cc1[N+](=O)[O-]. The van der Waals surface area contributed by atoms with E-state index in [0.717, 1.165) is 38.0 Å². The van der Waals surface area contributed by atoms with Crippen LogP contribution in [0.3, 0.4) is 0 Å². The Bertz CT molecular complexity index is 1240. The van der Waals surface area contributed by atoms with Crippen molar-refractivity contribution in [1.82, 2.24) is 14.7 Å². The minimum atomic E-state index is -0.848. The molecule has 3 heterocycles. The van der Waals surface area contributed by atoms with Crippen LogP contribution in [0, 0.1) is 17.0 Å². The van der Waals surface area contributed by atoms with Crippen LogP contribution in [0.15, 0.2) is 48.5 Å². The number of benzene rings is 2. The zero-order valence-corrected chi connectivity index (χ0v) is 21.7. The molecule has 0 atom stereocenters. The van der Waals surface area contributed by atoms with Gasteiger partial charge in [-0.05, 0) is 57.2 Å². The number of rotatable bonds is 5. The van der Waals surface area contributed by atoms with Crippen LogP contribution in [0.2, 0.25) is 0 Å². The van der Waals surface area contributed by atoms with E-state index in [1.54, 1.807) is 28.9 Å². The maximum Gasteiger partial charge on any atom is 0.273 e. The second-order valence-corrected chi connectivity index (χ2v) is 10.4. The molecule has 38 heavy (non-hydrogen) atoms. The first-order chi connectivity index (χ1) is 18.3. The van der Waals surface area contributed by atoms with Crippen LogP contribution in [0.5, 0.6) is 0 Å². The van der Waals surface area contributed by atoms with Crippen molar-refractivity contribution in [2.45, 2.75) is 44.6 Å². The molecule has 3 saturated heterocycles. The van der Waals surface area contributed by atoms with Crippen molar-refractivity contribution >= 4 is 29.1 Å². The number of hydrogen-bond donors (Lipinski definition) is 0. The van der Waals surface area contributed by atoms with Gasteiger partial charge >= 0.3 is 0 Å². The number of aryl methyl sites for hydroxylation is 1. The second-order valence-electron chi connectivity index (χ2n) is 10.4. The molecule has 0 bridgehead atoms. The highest BCUT2D eigenvalue weighted by Gasteiger charge is 2.54. The number of nitrogens with zero attached hydrogens (tertiary/aromatic N) is 5. The average Bonchev–Trinajstić information content (AvgIpc) is 3.20. The van der Waals surface area contributed by atoms with E-state index in [4.69, 9.17) is 0 Å². The Morgan fingerprint density at radius 2 is 1.63 bits per heavy atom. The van der Waals surface area contributed by atoms with E-state index in [9.17, 15) is 24.5 Å². The van der Waals surface area contributed by atoms with Crippen LogP contribution in [0.25, 0.3) is 0 Å². The Morgan fingerprint density at radius 1 is 0.947 bits per heavy atom. The third kappa shape index (κ3) is 4.70. The topological polar surface area (TPSA) is 107 Å². The van der Waals surface area contributed by atoms with Gasteiger partial charge in [-0.25, -0.2) is 0 Å². The van der Waals surface area contributed by atoms with Crippen LogP contribution in [-0.4, -0.2) is 82.3 Å². The summed E-state index contributed by atoms with van der Waals surface area (Å²) in [6.45, 7) is 4.17. The minimum Gasteiger partial charge on any atom is -0.341 e. The number of carbonyl (C=O) groups is 3. The van der Waals surface area contributed by atoms with Crippen molar-refractivity contribution in [2.75, 3.05) is 44.3 Å². The lowest BCUT2D eigenvalue weighted by Crippen LogP contribution is -2.57. The summed E-state index contributed by atoms with van der Waals surface area (Å²) in [4.78, 5) is 58.3. The summed E-state index contributed by atoms with van der Waals surface area (Å²) >= 11 is 0. The van der Waals surface area contributed by atoms with Gasteiger partial charge in [0, 0.05) is 49.1 Å². The Morgan fingerprint density at radius 3 is 2.29 bits per heavy atom. The standard InChI is InChI=1S/C28H33N5O5/c1-21-10-11-22(18-24(21)33(37)38)26(35)30-16-12-28(13-17-30)27(36)31(19-25(34)29-14-6-3-7-15-29)20-32(28)23-8-4-2-5-9-23/h2,4-5,8-11,18H,3,6-7,12-17,19-20H2,1H3. The second kappa shape index (κ2) is 10.4. The molecule has 5 rings (SSSR count). The zero-order chi connectivity index (χ0) is 26.9. The van der Waals surface area contributed by atoms with E-state index in [1.807, 2.05) is 35.2 Å². The number of para-hydroxylation sites is 1. The number of anilines is 1. The van der Waals surface area contributed by atoms with E-state index >= 15 is 0 Å². The summed E-state index contributed by atoms with van der Waals surface area (Å²) in [5.74, 6) is -0.377. The molecule has 1 spiro atoms. The fourth-order valence-electron chi connectivity index (χ4n) is 5.93. The number of amides is 3. The summed E-state index contributed by atoms with van der Waals surface area (Å²) < 4.78 is 0. The molecule has 3 aliphatic heterocycles.